The Morgan fingerprint density at radius 2 is 2.35 bits per heavy atom. The minimum absolute atomic E-state index is 0.191. The van der Waals surface area contributed by atoms with Crippen molar-refractivity contribution >= 4 is 23.4 Å². The van der Waals surface area contributed by atoms with Crippen LogP contribution in [-0.4, -0.2) is 35.6 Å². The Labute approximate surface area is 123 Å². The maximum absolute atomic E-state index is 11.5. The van der Waals surface area contributed by atoms with Crippen molar-refractivity contribution in [3.05, 3.63) is 23.8 Å². The number of rotatable bonds is 6. The molecule has 0 aliphatic carbocycles. The van der Waals surface area contributed by atoms with Crippen molar-refractivity contribution < 1.29 is 14.6 Å². The largest absolute Gasteiger partial charge is 0.478 e. The molecule has 110 valence electrons. The van der Waals surface area contributed by atoms with Crippen LogP contribution in [0.3, 0.4) is 0 Å². The summed E-state index contributed by atoms with van der Waals surface area (Å²) in [6, 6.07) is 5.57. The Bertz CT molecular complexity index is 484. The predicted octanol–water partition coefficient (Wildman–Crippen LogP) is 3.48. The van der Waals surface area contributed by atoms with E-state index in [1.165, 1.54) is 0 Å². The first kappa shape index (κ1) is 15.2. The van der Waals surface area contributed by atoms with Crippen LogP contribution in [0, 0.1) is 0 Å². The number of nitrogens with one attached hydrogen (secondary N) is 1. The fraction of sp³-hybridized carbons (Fsp3) is 0.533. The molecule has 1 unspecified atom stereocenters. The molecule has 0 saturated carbocycles. The number of hydrogen-bond acceptors (Lipinski definition) is 4. The van der Waals surface area contributed by atoms with Gasteiger partial charge in [-0.1, -0.05) is 13.0 Å². The van der Waals surface area contributed by atoms with Gasteiger partial charge >= 0.3 is 5.97 Å². The first-order valence-corrected chi connectivity index (χ1v) is 7.91. The number of anilines is 1. The van der Waals surface area contributed by atoms with Crippen LogP contribution in [-0.2, 0) is 4.74 Å². The third-order valence-corrected chi connectivity index (χ3v) is 4.43. The number of thioether (sulfide) groups is 1. The molecule has 1 saturated heterocycles. The Morgan fingerprint density at radius 3 is 2.95 bits per heavy atom. The van der Waals surface area contributed by atoms with E-state index in [2.05, 4.69) is 12.2 Å². The van der Waals surface area contributed by atoms with Crippen molar-refractivity contribution in [3.8, 4) is 0 Å². The summed E-state index contributed by atoms with van der Waals surface area (Å²) < 4.78 is 5.73. The van der Waals surface area contributed by atoms with E-state index in [1.54, 1.807) is 11.8 Å². The third-order valence-electron chi connectivity index (χ3n) is 3.49. The normalized spacial score (nSPS) is 21.9. The molecule has 1 aromatic rings. The molecule has 2 rings (SSSR count). The van der Waals surface area contributed by atoms with Crippen LogP contribution < -0.4 is 5.32 Å². The topological polar surface area (TPSA) is 58.6 Å². The molecule has 0 spiro atoms. The van der Waals surface area contributed by atoms with Crippen molar-refractivity contribution in [1.82, 2.24) is 0 Å². The van der Waals surface area contributed by atoms with Crippen molar-refractivity contribution in [1.29, 1.82) is 0 Å². The summed E-state index contributed by atoms with van der Waals surface area (Å²) in [5, 5.41) is 12.7. The monoisotopic (exact) mass is 295 g/mol. The molecule has 1 fully saturated rings. The molecule has 0 aromatic heterocycles. The molecule has 1 aromatic carbocycles. The van der Waals surface area contributed by atoms with Crippen LogP contribution in [0.1, 0.15) is 37.0 Å². The maximum Gasteiger partial charge on any atom is 0.338 e. The van der Waals surface area contributed by atoms with Crippen molar-refractivity contribution in [2.24, 2.45) is 0 Å². The van der Waals surface area contributed by atoms with Gasteiger partial charge < -0.3 is 15.2 Å². The molecule has 20 heavy (non-hydrogen) atoms. The molecule has 4 nitrogen and oxygen atoms in total. The Hall–Kier alpha value is -1.20. The molecular weight excluding hydrogens is 274 g/mol. The zero-order valence-corrected chi connectivity index (χ0v) is 12.8. The average Bonchev–Trinajstić information content (AvgIpc) is 2.84. The molecule has 0 amide bonds. The fourth-order valence-electron chi connectivity index (χ4n) is 2.43. The molecule has 0 radical (unpaired) electrons. The van der Waals surface area contributed by atoms with Gasteiger partial charge in [-0.25, -0.2) is 4.79 Å². The van der Waals surface area contributed by atoms with Gasteiger partial charge in [-0.3, -0.25) is 0 Å². The number of carboxylic acids is 1. The molecule has 0 bridgehead atoms. The van der Waals surface area contributed by atoms with E-state index in [9.17, 15) is 9.90 Å². The van der Waals surface area contributed by atoms with Gasteiger partial charge in [-0.2, -0.15) is 0 Å². The van der Waals surface area contributed by atoms with Crippen LogP contribution in [0.5, 0.6) is 0 Å². The van der Waals surface area contributed by atoms with E-state index >= 15 is 0 Å². The third kappa shape index (κ3) is 3.46. The van der Waals surface area contributed by atoms with Gasteiger partial charge in [0.25, 0.3) is 0 Å². The quantitative estimate of drug-likeness (QED) is 0.787. The molecule has 1 heterocycles. The maximum atomic E-state index is 11.5. The Morgan fingerprint density at radius 1 is 1.55 bits per heavy atom. The summed E-state index contributed by atoms with van der Waals surface area (Å²) in [7, 11) is 0. The van der Waals surface area contributed by atoms with E-state index in [0.29, 0.717) is 17.8 Å². The predicted molar refractivity (Wildman–Crippen MR) is 81.9 cm³/mol. The standard InChI is InChI=1S/C15H21NO3S/c1-3-20-12-7-4-6-11(13(12)14(17)18)16-10-15(2)8-5-9-19-15/h4,6-7,16H,3,5,8-10H2,1-2H3,(H,17,18). The molecular formula is C15H21NO3S. The summed E-state index contributed by atoms with van der Waals surface area (Å²) in [4.78, 5) is 12.3. The van der Waals surface area contributed by atoms with Gasteiger partial charge in [0.05, 0.1) is 11.2 Å². The molecule has 1 aliphatic heterocycles. The Balaban J connectivity index is 2.18. The van der Waals surface area contributed by atoms with E-state index in [0.717, 1.165) is 30.1 Å². The van der Waals surface area contributed by atoms with E-state index in [1.807, 2.05) is 25.1 Å². The van der Waals surface area contributed by atoms with Crippen LogP contribution in [0.25, 0.3) is 0 Å². The average molecular weight is 295 g/mol. The zero-order chi connectivity index (χ0) is 14.6. The number of ether oxygens (including phenoxy) is 1. The van der Waals surface area contributed by atoms with Crippen LogP contribution >= 0.6 is 11.8 Å². The van der Waals surface area contributed by atoms with E-state index in [4.69, 9.17) is 4.74 Å². The lowest BCUT2D eigenvalue weighted by atomic mass is 10.0. The van der Waals surface area contributed by atoms with Gasteiger partial charge in [-0.05, 0) is 37.7 Å². The second-order valence-corrected chi connectivity index (χ2v) is 6.48. The lowest BCUT2D eigenvalue weighted by Crippen LogP contribution is -2.33. The van der Waals surface area contributed by atoms with Crippen molar-refractivity contribution in [3.63, 3.8) is 0 Å². The number of hydrogen-bond donors (Lipinski definition) is 2. The summed E-state index contributed by atoms with van der Waals surface area (Å²) >= 11 is 1.55. The van der Waals surface area contributed by atoms with Crippen molar-refractivity contribution in [2.75, 3.05) is 24.2 Å². The highest BCUT2D eigenvalue weighted by atomic mass is 32.2. The van der Waals surface area contributed by atoms with Crippen LogP contribution in [0.2, 0.25) is 0 Å². The number of aromatic carboxylic acids is 1. The van der Waals surface area contributed by atoms with Gasteiger partial charge in [0.2, 0.25) is 0 Å². The van der Waals surface area contributed by atoms with Crippen molar-refractivity contribution in [2.45, 2.75) is 37.2 Å². The lowest BCUT2D eigenvalue weighted by Gasteiger charge is -2.24. The SMILES string of the molecule is CCSc1cccc(NCC2(C)CCCO2)c1C(=O)O. The molecule has 5 heteroatoms. The fourth-order valence-corrected chi connectivity index (χ4v) is 3.26. The van der Waals surface area contributed by atoms with Gasteiger partial charge in [0, 0.05) is 23.7 Å². The van der Waals surface area contributed by atoms with E-state index in [-0.39, 0.29) is 5.60 Å². The molecule has 1 aliphatic rings. The molecule has 1 atom stereocenters. The zero-order valence-electron chi connectivity index (χ0n) is 11.9. The second kappa shape index (κ2) is 6.50. The minimum atomic E-state index is -0.887. The highest BCUT2D eigenvalue weighted by molar-refractivity contribution is 7.99. The molecule has 2 N–H and O–H groups in total. The summed E-state index contributed by atoms with van der Waals surface area (Å²) in [5.41, 5.74) is 0.845. The highest BCUT2D eigenvalue weighted by Gasteiger charge is 2.30. The number of benzene rings is 1. The Kier molecular flexibility index (Phi) is 4.94. The van der Waals surface area contributed by atoms with Gasteiger partial charge in [-0.15, -0.1) is 11.8 Å². The lowest BCUT2D eigenvalue weighted by molar-refractivity contribution is 0.0314. The first-order chi connectivity index (χ1) is 9.56. The summed E-state index contributed by atoms with van der Waals surface area (Å²) in [6.07, 6.45) is 2.07. The summed E-state index contributed by atoms with van der Waals surface area (Å²) in [5.74, 6) is -0.0357. The van der Waals surface area contributed by atoms with E-state index < -0.39 is 5.97 Å². The van der Waals surface area contributed by atoms with Crippen LogP contribution in [0.15, 0.2) is 23.1 Å². The second-order valence-electron chi connectivity index (χ2n) is 5.17. The number of carbonyl (C=O) groups is 1. The van der Waals surface area contributed by atoms with Gasteiger partial charge in [0.15, 0.2) is 0 Å². The van der Waals surface area contributed by atoms with Gasteiger partial charge in [0.1, 0.15) is 0 Å². The summed E-state index contributed by atoms with van der Waals surface area (Å²) in [6.45, 7) is 5.51. The highest BCUT2D eigenvalue weighted by Crippen LogP contribution is 2.30. The number of carboxylic acid groups (broad SMARTS) is 1. The van der Waals surface area contributed by atoms with Crippen LogP contribution in [0.4, 0.5) is 5.69 Å². The minimum Gasteiger partial charge on any atom is -0.478 e. The first-order valence-electron chi connectivity index (χ1n) is 6.93. The smallest absolute Gasteiger partial charge is 0.338 e.